The highest BCUT2D eigenvalue weighted by molar-refractivity contribution is 5.87. The van der Waals surface area contributed by atoms with Crippen molar-refractivity contribution in [3.05, 3.63) is 23.8 Å². The van der Waals surface area contributed by atoms with Crippen LogP contribution in [0.2, 0.25) is 0 Å². The first kappa shape index (κ1) is 15.2. The molecule has 6 nitrogen and oxygen atoms in total. The molecule has 0 aromatic heterocycles. The zero-order valence-electron chi connectivity index (χ0n) is 12.4. The van der Waals surface area contributed by atoms with Gasteiger partial charge in [0.25, 0.3) is 0 Å². The van der Waals surface area contributed by atoms with Crippen molar-refractivity contribution >= 4 is 11.9 Å². The van der Waals surface area contributed by atoms with E-state index in [1.165, 1.54) is 18.7 Å². The molecule has 0 fully saturated rings. The summed E-state index contributed by atoms with van der Waals surface area (Å²) in [5, 5.41) is 9.67. The maximum Gasteiger partial charge on any atom is 0.334 e. The monoisotopic (exact) mass is 293 g/mol. The average Bonchev–Trinajstić information content (AvgIpc) is 2.46. The van der Waals surface area contributed by atoms with Crippen LogP contribution in [0.5, 0.6) is 11.5 Å². The molecule has 1 heterocycles. The van der Waals surface area contributed by atoms with E-state index in [1.54, 1.807) is 25.1 Å². The second kappa shape index (κ2) is 5.63. The van der Waals surface area contributed by atoms with Crippen molar-refractivity contribution in [2.75, 3.05) is 19.8 Å². The number of hydrogen-bond donors (Lipinski definition) is 1. The van der Waals surface area contributed by atoms with E-state index < -0.39 is 11.5 Å². The summed E-state index contributed by atoms with van der Waals surface area (Å²) in [6, 6.07) is 4.97. The smallest absolute Gasteiger partial charge is 0.334 e. The highest BCUT2D eigenvalue weighted by Crippen LogP contribution is 2.37. The minimum Gasteiger partial charge on any atom is -0.486 e. The van der Waals surface area contributed by atoms with Crippen LogP contribution in [0.15, 0.2) is 18.2 Å². The zero-order valence-corrected chi connectivity index (χ0v) is 12.4. The minimum atomic E-state index is -1.45. The number of benzene rings is 1. The molecule has 0 saturated carbocycles. The van der Waals surface area contributed by atoms with Gasteiger partial charge in [-0.1, -0.05) is 6.07 Å². The number of carboxylic acids is 1. The van der Waals surface area contributed by atoms with Crippen LogP contribution < -0.4 is 9.47 Å². The van der Waals surface area contributed by atoms with Gasteiger partial charge in [-0.25, -0.2) is 4.79 Å². The van der Waals surface area contributed by atoms with E-state index in [2.05, 4.69) is 0 Å². The molecule has 6 heteroatoms. The van der Waals surface area contributed by atoms with Crippen molar-refractivity contribution in [3.63, 3.8) is 0 Å². The Morgan fingerprint density at radius 3 is 2.43 bits per heavy atom. The van der Waals surface area contributed by atoms with Crippen LogP contribution in [0.25, 0.3) is 0 Å². The normalized spacial score (nSPS) is 16.0. The van der Waals surface area contributed by atoms with Gasteiger partial charge < -0.3 is 19.5 Å². The SMILES string of the molecule is CCN(C(C)=O)C(C)(C(=O)O)c1ccc2c(c1)OCCO2. The quantitative estimate of drug-likeness (QED) is 0.913. The second-order valence-electron chi connectivity index (χ2n) is 5.00. The molecule has 1 atom stereocenters. The number of amides is 1. The lowest BCUT2D eigenvalue weighted by atomic mass is 9.89. The third-order valence-electron chi connectivity index (χ3n) is 3.76. The Hall–Kier alpha value is -2.24. The highest BCUT2D eigenvalue weighted by Gasteiger charge is 2.42. The van der Waals surface area contributed by atoms with E-state index >= 15 is 0 Å². The predicted octanol–water partition coefficient (Wildman–Crippen LogP) is 1.63. The topological polar surface area (TPSA) is 76.1 Å². The molecule has 1 aliphatic heterocycles. The lowest BCUT2D eigenvalue weighted by Crippen LogP contribution is -2.52. The van der Waals surface area contributed by atoms with Crippen molar-refractivity contribution in [2.45, 2.75) is 26.3 Å². The van der Waals surface area contributed by atoms with Gasteiger partial charge in [0.2, 0.25) is 5.91 Å². The van der Waals surface area contributed by atoms with Crippen LogP contribution in [0.4, 0.5) is 0 Å². The predicted molar refractivity (Wildman–Crippen MR) is 75.5 cm³/mol. The maximum atomic E-state index is 11.8. The molecule has 1 aliphatic rings. The Balaban J connectivity index is 2.52. The maximum absolute atomic E-state index is 11.8. The van der Waals surface area contributed by atoms with E-state index in [0.29, 0.717) is 36.8 Å². The number of aliphatic carboxylic acids is 1. The Morgan fingerprint density at radius 2 is 1.90 bits per heavy atom. The van der Waals surface area contributed by atoms with Gasteiger partial charge in [-0.15, -0.1) is 0 Å². The molecular formula is C15H19NO5. The number of carboxylic acid groups (broad SMARTS) is 1. The van der Waals surface area contributed by atoms with Crippen LogP contribution in [0.1, 0.15) is 26.3 Å². The Morgan fingerprint density at radius 1 is 1.29 bits per heavy atom. The summed E-state index contributed by atoms with van der Waals surface area (Å²) in [4.78, 5) is 24.9. The first-order valence-corrected chi connectivity index (χ1v) is 6.83. The largest absolute Gasteiger partial charge is 0.486 e. The van der Waals surface area contributed by atoms with Crippen LogP contribution in [0.3, 0.4) is 0 Å². The molecule has 21 heavy (non-hydrogen) atoms. The van der Waals surface area contributed by atoms with Crippen LogP contribution in [-0.2, 0) is 15.1 Å². The first-order chi connectivity index (χ1) is 9.91. The first-order valence-electron chi connectivity index (χ1n) is 6.83. The number of rotatable bonds is 4. The molecule has 1 amide bonds. The molecule has 0 bridgehead atoms. The molecule has 1 aromatic carbocycles. The number of hydrogen-bond acceptors (Lipinski definition) is 4. The molecular weight excluding hydrogens is 274 g/mol. The number of carbonyl (C=O) groups is 2. The standard InChI is InChI=1S/C15H19NO5/c1-4-16(10(2)17)15(3,14(18)19)11-5-6-12-13(9-11)21-8-7-20-12/h5-6,9H,4,7-8H2,1-3H3,(H,18,19). The molecule has 1 unspecified atom stereocenters. The molecule has 0 spiro atoms. The Bertz CT molecular complexity index is 571. The van der Waals surface area contributed by atoms with Gasteiger partial charge in [0.15, 0.2) is 17.0 Å². The van der Waals surface area contributed by atoms with E-state index in [0.717, 1.165) is 0 Å². The molecule has 2 rings (SSSR count). The number of likely N-dealkylation sites (N-methyl/N-ethyl adjacent to an activating group) is 1. The lowest BCUT2D eigenvalue weighted by molar-refractivity contribution is -0.158. The molecule has 114 valence electrons. The molecule has 1 aromatic rings. The fourth-order valence-corrected chi connectivity index (χ4v) is 2.59. The number of carbonyl (C=O) groups excluding carboxylic acids is 1. The highest BCUT2D eigenvalue weighted by atomic mass is 16.6. The third kappa shape index (κ3) is 2.53. The van der Waals surface area contributed by atoms with E-state index in [4.69, 9.17) is 9.47 Å². The average molecular weight is 293 g/mol. The van der Waals surface area contributed by atoms with Gasteiger partial charge in [0.1, 0.15) is 13.2 Å². The summed E-state index contributed by atoms with van der Waals surface area (Å²) in [5.74, 6) is -0.289. The second-order valence-corrected chi connectivity index (χ2v) is 5.00. The molecule has 0 saturated heterocycles. The van der Waals surface area contributed by atoms with Gasteiger partial charge in [-0.05, 0) is 31.5 Å². The molecule has 0 radical (unpaired) electrons. The zero-order chi connectivity index (χ0) is 15.6. The number of ether oxygens (including phenoxy) is 2. The fraction of sp³-hybridized carbons (Fsp3) is 0.467. The van der Waals surface area contributed by atoms with Crippen LogP contribution >= 0.6 is 0 Å². The molecule has 1 N–H and O–H groups in total. The van der Waals surface area contributed by atoms with Crippen molar-refractivity contribution in [3.8, 4) is 11.5 Å². The number of fused-ring (bicyclic) bond motifs is 1. The van der Waals surface area contributed by atoms with Gasteiger partial charge in [-0.3, -0.25) is 4.79 Å². The Kier molecular flexibility index (Phi) is 4.06. The lowest BCUT2D eigenvalue weighted by Gasteiger charge is -2.37. The summed E-state index contributed by atoms with van der Waals surface area (Å²) in [6.45, 7) is 5.82. The van der Waals surface area contributed by atoms with Gasteiger partial charge >= 0.3 is 5.97 Å². The van der Waals surface area contributed by atoms with Gasteiger partial charge in [-0.2, -0.15) is 0 Å². The summed E-state index contributed by atoms with van der Waals surface area (Å²) in [6.07, 6.45) is 0. The summed E-state index contributed by atoms with van der Waals surface area (Å²) in [5.41, 5.74) is -0.965. The van der Waals surface area contributed by atoms with Crippen LogP contribution in [-0.4, -0.2) is 41.6 Å². The van der Waals surface area contributed by atoms with E-state index in [-0.39, 0.29) is 5.91 Å². The Labute approximate surface area is 123 Å². The van der Waals surface area contributed by atoms with Crippen molar-refractivity contribution in [2.24, 2.45) is 0 Å². The fourth-order valence-electron chi connectivity index (χ4n) is 2.59. The van der Waals surface area contributed by atoms with Gasteiger partial charge in [0, 0.05) is 13.5 Å². The number of nitrogens with zero attached hydrogens (tertiary/aromatic N) is 1. The van der Waals surface area contributed by atoms with Crippen LogP contribution in [0, 0.1) is 0 Å². The summed E-state index contributed by atoms with van der Waals surface area (Å²) >= 11 is 0. The van der Waals surface area contributed by atoms with Gasteiger partial charge in [0.05, 0.1) is 0 Å². The summed E-state index contributed by atoms with van der Waals surface area (Å²) < 4.78 is 10.9. The summed E-state index contributed by atoms with van der Waals surface area (Å²) in [7, 11) is 0. The van der Waals surface area contributed by atoms with Crippen molar-refractivity contribution in [1.29, 1.82) is 0 Å². The van der Waals surface area contributed by atoms with Crippen molar-refractivity contribution in [1.82, 2.24) is 4.90 Å². The molecule has 0 aliphatic carbocycles. The minimum absolute atomic E-state index is 0.294. The van der Waals surface area contributed by atoms with E-state index in [9.17, 15) is 14.7 Å². The van der Waals surface area contributed by atoms with E-state index in [1.807, 2.05) is 0 Å². The van der Waals surface area contributed by atoms with Crippen molar-refractivity contribution < 1.29 is 24.2 Å². The third-order valence-corrected chi connectivity index (χ3v) is 3.76.